The summed E-state index contributed by atoms with van der Waals surface area (Å²) in [6.45, 7) is 0.391. The normalized spacial score (nSPS) is 15.3. The van der Waals surface area contributed by atoms with E-state index in [1.165, 1.54) is 12.1 Å². The minimum absolute atomic E-state index is 0.252. The summed E-state index contributed by atoms with van der Waals surface area (Å²) in [5, 5.41) is 12.3. The molecule has 3 nitrogen and oxygen atoms in total. The van der Waals surface area contributed by atoms with Gasteiger partial charge >= 0.3 is 0 Å². The molecule has 2 aromatic rings. The second kappa shape index (κ2) is 5.33. The summed E-state index contributed by atoms with van der Waals surface area (Å²) in [6, 6.07) is 12.0. The van der Waals surface area contributed by atoms with Crippen LogP contribution in [0.1, 0.15) is 23.1 Å². The summed E-state index contributed by atoms with van der Waals surface area (Å²) < 4.78 is 18.6. The van der Waals surface area contributed by atoms with Crippen molar-refractivity contribution in [2.75, 3.05) is 0 Å². The summed E-state index contributed by atoms with van der Waals surface area (Å²) in [7, 11) is 0. The maximum atomic E-state index is 12.8. The van der Waals surface area contributed by atoms with Crippen molar-refractivity contribution in [3.8, 4) is 5.75 Å². The van der Waals surface area contributed by atoms with Crippen molar-refractivity contribution in [3.63, 3.8) is 0 Å². The monoisotopic (exact) mass is 271 g/mol. The summed E-state index contributed by atoms with van der Waals surface area (Å²) in [5.41, 5.74) is 3.64. The van der Waals surface area contributed by atoms with Crippen LogP contribution in [-0.2, 0) is 13.0 Å². The number of halogens is 1. The molecule has 0 bridgehead atoms. The molecular formula is C16H14FNO2. The molecule has 20 heavy (non-hydrogen) atoms. The van der Waals surface area contributed by atoms with Gasteiger partial charge in [0.15, 0.2) is 0 Å². The molecule has 0 heterocycles. The fraction of sp³-hybridized carbons (Fsp3) is 0.188. The van der Waals surface area contributed by atoms with Gasteiger partial charge in [-0.15, -0.1) is 0 Å². The van der Waals surface area contributed by atoms with Gasteiger partial charge in [0, 0.05) is 11.1 Å². The molecule has 0 radical (unpaired) electrons. The Morgan fingerprint density at radius 1 is 1.10 bits per heavy atom. The van der Waals surface area contributed by atoms with Gasteiger partial charge in [0.2, 0.25) is 0 Å². The predicted molar refractivity (Wildman–Crippen MR) is 73.8 cm³/mol. The summed E-state index contributed by atoms with van der Waals surface area (Å²) in [6.07, 6.45) is 1.54. The van der Waals surface area contributed by atoms with Crippen LogP contribution in [0.2, 0.25) is 0 Å². The fourth-order valence-electron chi connectivity index (χ4n) is 2.45. The lowest BCUT2D eigenvalue weighted by atomic mass is 10.1. The van der Waals surface area contributed by atoms with Gasteiger partial charge in [-0.3, -0.25) is 0 Å². The van der Waals surface area contributed by atoms with Crippen molar-refractivity contribution in [1.82, 2.24) is 0 Å². The largest absolute Gasteiger partial charge is 0.489 e. The average Bonchev–Trinajstić information content (AvgIpc) is 2.90. The van der Waals surface area contributed by atoms with Crippen molar-refractivity contribution < 1.29 is 14.3 Å². The van der Waals surface area contributed by atoms with Gasteiger partial charge in [-0.25, -0.2) is 4.39 Å². The van der Waals surface area contributed by atoms with Crippen molar-refractivity contribution >= 4 is 5.71 Å². The Balaban J connectivity index is 1.79. The molecule has 0 saturated heterocycles. The molecule has 1 N–H and O–H groups in total. The Labute approximate surface area is 116 Å². The number of hydrogen-bond acceptors (Lipinski definition) is 3. The molecule has 4 heteroatoms. The topological polar surface area (TPSA) is 41.8 Å². The first kappa shape index (κ1) is 12.7. The van der Waals surface area contributed by atoms with Gasteiger partial charge < -0.3 is 9.94 Å². The smallest absolute Gasteiger partial charge is 0.123 e. The number of hydrogen-bond donors (Lipinski definition) is 1. The zero-order valence-electron chi connectivity index (χ0n) is 10.8. The van der Waals surface area contributed by atoms with E-state index in [1.54, 1.807) is 12.1 Å². The van der Waals surface area contributed by atoms with Crippen LogP contribution in [0.25, 0.3) is 0 Å². The van der Waals surface area contributed by atoms with E-state index < -0.39 is 0 Å². The summed E-state index contributed by atoms with van der Waals surface area (Å²) >= 11 is 0. The number of fused-ring (bicyclic) bond motifs is 1. The number of nitrogens with zero attached hydrogens (tertiary/aromatic N) is 1. The van der Waals surface area contributed by atoms with Crippen LogP contribution < -0.4 is 4.74 Å². The maximum Gasteiger partial charge on any atom is 0.123 e. The highest BCUT2D eigenvalue weighted by molar-refractivity contribution is 6.04. The van der Waals surface area contributed by atoms with Crippen LogP contribution in [0.4, 0.5) is 4.39 Å². The van der Waals surface area contributed by atoms with Crippen molar-refractivity contribution in [2.45, 2.75) is 19.4 Å². The maximum absolute atomic E-state index is 12.8. The third-order valence-corrected chi connectivity index (χ3v) is 3.48. The zero-order valence-corrected chi connectivity index (χ0v) is 10.8. The quantitative estimate of drug-likeness (QED) is 0.685. The number of oxime groups is 1. The van der Waals surface area contributed by atoms with Gasteiger partial charge in [0.1, 0.15) is 18.2 Å². The predicted octanol–water partition coefficient (Wildman–Crippen LogP) is 3.53. The molecule has 0 amide bonds. The Bertz CT molecular complexity index is 650. The molecule has 1 aliphatic carbocycles. The minimum atomic E-state index is -0.252. The van der Waals surface area contributed by atoms with E-state index in [0.717, 1.165) is 35.3 Å². The molecular weight excluding hydrogens is 257 g/mol. The van der Waals surface area contributed by atoms with Crippen LogP contribution >= 0.6 is 0 Å². The second-order valence-electron chi connectivity index (χ2n) is 4.74. The van der Waals surface area contributed by atoms with Crippen LogP contribution in [-0.4, -0.2) is 10.9 Å². The zero-order chi connectivity index (χ0) is 13.9. The Morgan fingerprint density at radius 2 is 1.90 bits per heavy atom. The lowest BCUT2D eigenvalue weighted by Gasteiger charge is -2.10. The van der Waals surface area contributed by atoms with Crippen molar-refractivity contribution in [1.29, 1.82) is 0 Å². The first-order valence-electron chi connectivity index (χ1n) is 6.48. The van der Waals surface area contributed by atoms with E-state index >= 15 is 0 Å². The molecule has 1 aliphatic rings. The van der Waals surface area contributed by atoms with Crippen LogP contribution in [0.15, 0.2) is 47.6 Å². The second-order valence-corrected chi connectivity index (χ2v) is 4.74. The summed E-state index contributed by atoms with van der Waals surface area (Å²) in [4.78, 5) is 0. The van der Waals surface area contributed by atoms with E-state index in [1.807, 2.05) is 18.2 Å². The SMILES string of the molecule is ON=C1CCc2c(OCc3ccc(F)cc3)cccc21. The number of ether oxygens (including phenoxy) is 1. The summed E-state index contributed by atoms with van der Waals surface area (Å²) in [5.74, 6) is 0.545. The number of rotatable bonds is 3. The van der Waals surface area contributed by atoms with Gasteiger partial charge in [-0.05, 0) is 36.6 Å². The lowest BCUT2D eigenvalue weighted by molar-refractivity contribution is 0.303. The molecule has 3 rings (SSSR count). The van der Waals surface area contributed by atoms with Crippen molar-refractivity contribution in [2.24, 2.45) is 5.16 Å². The van der Waals surface area contributed by atoms with Gasteiger partial charge in [0.25, 0.3) is 0 Å². The fourth-order valence-corrected chi connectivity index (χ4v) is 2.45. The molecule has 0 saturated carbocycles. The first-order chi connectivity index (χ1) is 9.78. The minimum Gasteiger partial charge on any atom is -0.489 e. The van der Waals surface area contributed by atoms with E-state index in [2.05, 4.69) is 5.16 Å². The highest BCUT2D eigenvalue weighted by Gasteiger charge is 2.21. The third-order valence-electron chi connectivity index (χ3n) is 3.48. The molecule has 0 aromatic heterocycles. The van der Waals surface area contributed by atoms with Crippen LogP contribution in [0.5, 0.6) is 5.75 Å². The molecule has 0 aliphatic heterocycles. The highest BCUT2D eigenvalue weighted by atomic mass is 19.1. The lowest BCUT2D eigenvalue weighted by Crippen LogP contribution is -1.99. The van der Waals surface area contributed by atoms with Gasteiger partial charge in [-0.1, -0.05) is 29.4 Å². The molecule has 102 valence electrons. The van der Waals surface area contributed by atoms with Crippen molar-refractivity contribution in [3.05, 3.63) is 65.0 Å². The average molecular weight is 271 g/mol. The Hall–Kier alpha value is -2.36. The molecule has 0 fully saturated rings. The van der Waals surface area contributed by atoms with Gasteiger partial charge in [0.05, 0.1) is 5.71 Å². The van der Waals surface area contributed by atoms with Crippen LogP contribution in [0.3, 0.4) is 0 Å². The highest BCUT2D eigenvalue weighted by Crippen LogP contribution is 2.31. The van der Waals surface area contributed by atoms with E-state index in [9.17, 15) is 4.39 Å². The third kappa shape index (κ3) is 2.37. The molecule has 0 atom stereocenters. The van der Waals surface area contributed by atoms with E-state index in [0.29, 0.717) is 12.3 Å². The molecule has 0 spiro atoms. The Kier molecular flexibility index (Phi) is 3.37. The number of benzene rings is 2. The first-order valence-corrected chi connectivity index (χ1v) is 6.48. The molecule has 2 aromatic carbocycles. The Morgan fingerprint density at radius 3 is 2.65 bits per heavy atom. The standard InChI is InChI=1S/C16H14FNO2/c17-12-6-4-11(5-7-12)10-20-16-3-1-2-13-14(16)8-9-15(13)18-19/h1-7,19H,8-10H2. The van der Waals surface area contributed by atoms with E-state index in [-0.39, 0.29) is 5.82 Å². The van der Waals surface area contributed by atoms with Crippen LogP contribution in [0, 0.1) is 5.82 Å². The van der Waals surface area contributed by atoms with E-state index in [4.69, 9.17) is 9.94 Å². The van der Waals surface area contributed by atoms with Gasteiger partial charge in [-0.2, -0.15) is 0 Å². The molecule has 0 unspecified atom stereocenters.